The molecule has 3 aromatic heterocycles. The Balaban J connectivity index is 1.46. The molecule has 9 heteroatoms. The van der Waals surface area contributed by atoms with Gasteiger partial charge in [-0.05, 0) is 48.7 Å². The normalized spacial score (nSPS) is 11.1. The Morgan fingerprint density at radius 1 is 0.902 bits per heavy atom. The highest BCUT2D eigenvalue weighted by Crippen LogP contribution is 2.36. The van der Waals surface area contributed by atoms with Gasteiger partial charge < -0.3 is 9.15 Å². The number of aromatic nitrogens is 4. The zero-order valence-corrected chi connectivity index (χ0v) is 23.0. The van der Waals surface area contributed by atoms with Gasteiger partial charge in [0.2, 0.25) is 6.39 Å². The summed E-state index contributed by atoms with van der Waals surface area (Å²) in [5.74, 6) is 0.265. The lowest BCUT2D eigenvalue weighted by molar-refractivity contribution is 0.291. The van der Waals surface area contributed by atoms with Crippen LogP contribution in [-0.4, -0.2) is 19.7 Å². The third-order valence-corrected chi connectivity index (χ3v) is 7.76. The number of halogens is 1. The average Bonchev–Trinajstić information content (AvgIpc) is 3.70. The van der Waals surface area contributed by atoms with Crippen LogP contribution in [0, 0.1) is 12.7 Å². The van der Waals surface area contributed by atoms with Gasteiger partial charge in [0.15, 0.2) is 11.6 Å². The van der Waals surface area contributed by atoms with Gasteiger partial charge in [-0.25, -0.2) is 9.37 Å². The molecule has 3 heterocycles. The van der Waals surface area contributed by atoms with Crippen LogP contribution in [0.5, 0.6) is 5.75 Å². The number of nitrogens with zero attached hydrogens (tertiary/aromatic N) is 4. The molecule has 0 aliphatic heterocycles. The lowest BCUT2D eigenvalue weighted by atomic mass is 10.1. The third kappa shape index (κ3) is 5.57. The van der Waals surface area contributed by atoms with Crippen LogP contribution in [0.2, 0.25) is 0 Å². The molecule has 3 aromatic carbocycles. The molecule has 0 saturated heterocycles. The molecule has 0 atom stereocenters. The van der Waals surface area contributed by atoms with E-state index in [9.17, 15) is 4.79 Å². The van der Waals surface area contributed by atoms with E-state index in [0.717, 1.165) is 20.9 Å². The molecule has 7 nitrogen and oxygen atoms in total. The lowest BCUT2D eigenvalue weighted by Crippen LogP contribution is -2.27. The SMILES string of the molecule is Cc1nc(-c2cccc(F)c2OCc2ccccc2)n(CCc2ccccc2)c(=O)c1-c1ccc(-c2nnco2)s1. The molecule has 0 unspecified atom stereocenters. The first-order chi connectivity index (χ1) is 20.1. The molecule has 0 amide bonds. The van der Waals surface area contributed by atoms with Gasteiger partial charge in [0, 0.05) is 11.4 Å². The zero-order chi connectivity index (χ0) is 28.2. The number of hydrogen-bond acceptors (Lipinski definition) is 7. The standard InChI is InChI=1S/C32H25FN4O3S/c1-21-28(26-15-16-27(41-26)31-36-34-20-40-31)32(38)37(18-17-22-9-4-2-5-10-22)30(35-21)24-13-8-14-25(33)29(24)39-19-23-11-6-3-7-12-23/h2-16,20H,17-19H2,1H3. The van der Waals surface area contributed by atoms with Gasteiger partial charge in [0.05, 0.1) is 21.7 Å². The number of aryl methyl sites for hydroxylation is 2. The first-order valence-corrected chi connectivity index (χ1v) is 13.9. The van der Waals surface area contributed by atoms with Crippen molar-refractivity contribution in [1.82, 2.24) is 19.7 Å². The second-order valence-electron chi connectivity index (χ2n) is 9.39. The quantitative estimate of drug-likeness (QED) is 0.189. The summed E-state index contributed by atoms with van der Waals surface area (Å²) in [5.41, 5.74) is 3.16. The molecule has 0 bridgehead atoms. The summed E-state index contributed by atoms with van der Waals surface area (Å²) < 4.78 is 28.2. The molecular weight excluding hydrogens is 539 g/mol. The van der Waals surface area contributed by atoms with Crippen LogP contribution in [0.15, 0.2) is 107 Å². The molecule has 204 valence electrons. The van der Waals surface area contributed by atoms with E-state index in [2.05, 4.69) is 10.2 Å². The van der Waals surface area contributed by atoms with Crippen LogP contribution >= 0.6 is 11.3 Å². The van der Waals surface area contributed by atoms with E-state index in [1.807, 2.05) is 72.8 Å². The summed E-state index contributed by atoms with van der Waals surface area (Å²) in [6.45, 7) is 2.31. The monoisotopic (exact) mass is 564 g/mol. The van der Waals surface area contributed by atoms with Gasteiger partial charge in [0.1, 0.15) is 12.4 Å². The van der Waals surface area contributed by atoms with Crippen molar-refractivity contribution in [2.45, 2.75) is 26.5 Å². The molecule has 0 N–H and O–H groups in total. The first-order valence-electron chi connectivity index (χ1n) is 13.1. The van der Waals surface area contributed by atoms with Crippen LogP contribution < -0.4 is 10.3 Å². The summed E-state index contributed by atoms with van der Waals surface area (Å²) in [6, 6.07) is 27.8. The van der Waals surface area contributed by atoms with Gasteiger partial charge in [-0.1, -0.05) is 66.7 Å². The molecule has 0 aliphatic carbocycles. The topological polar surface area (TPSA) is 83.0 Å². The summed E-state index contributed by atoms with van der Waals surface area (Å²) >= 11 is 1.37. The van der Waals surface area contributed by atoms with Gasteiger partial charge in [-0.2, -0.15) is 0 Å². The predicted octanol–water partition coefficient (Wildman–Crippen LogP) is 6.96. The van der Waals surface area contributed by atoms with Crippen LogP contribution in [0.1, 0.15) is 16.8 Å². The van der Waals surface area contributed by atoms with Gasteiger partial charge in [-0.3, -0.25) is 9.36 Å². The lowest BCUT2D eigenvalue weighted by Gasteiger charge is -2.18. The smallest absolute Gasteiger partial charge is 0.262 e. The molecule has 0 fully saturated rings. The van der Waals surface area contributed by atoms with Crippen molar-refractivity contribution < 1.29 is 13.5 Å². The molecule has 0 spiro atoms. The average molecular weight is 565 g/mol. The van der Waals surface area contributed by atoms with E-state index >= 15 is 4.39 Å². The van der Waals surface area contributed by atoms with Gasteiger partial charge >= 0.3 is 0 Å². The fourth-order valence-electron chi connectivity index (χ4n) is 4.67. The Kier molecular flexibility index (Phi) is 7.51. The van der Waals surface area contributed by atoms with E-state index in [4.69, 9.17) is 14.1 Å². The zero-order valence-electron chi connectivity index (χ0n) is 22.2. The highest BCUT2D eigenvalue weighted by Gasteiger charge is 2.23. The molecule has 6 rings (SSSR count). The number of benzene rings is 3. The number of thiophene rings is 1. The minimum absolute atomic E-state index is 0.0543. The minimum atomic E-state index is -0.522. The number of rotatable bonds is 9. The van der Waals surface area contributed by atoms with E-state index in [1.165, 1.54) is 23.8 Å². The summed E-state index contributed by atoms with van der Waals surface area (Å²) in [6.07, 6.45) is 1.86. The molecular formula is C32H25FN4O3S. The highest BCUT2D eigenvalue weighted by molar-refractivity contribution is 7.18. The van der Waals surface area contributed by atoms with Crippen molar-refractivity contribution in [1.29, 1.82) is 0 Å². The van der Waals surface area contributed by atoms with E-state index < -0.39 is 5.82 Å². The van der Waals surface area contributed by atoms with E-state index in [-0.39, 0.29) is 17.9 Å². The maximum atomic E-state index is 15.2. The molecule has 0 radical (unpaired) electrons. The summed E-state index contributed by atoms with van der Waals surface area (Å²) in [4.78, 5) is 20.6. The van der Waals surface area contributed by atoms with E-state index in [0.29, 0.717) is 41.5 Å². The Morgan fingerprint density at radius 3 is 2.37 bits per heavy atom. The second kappa shape index (κ2) is 11.7. The Morgan fingerprint density at radius 2 is 1.63 bits per heavy atom. The molecule has 6 aromatic rings. The fourth-order valence-corrected chi connectivity index (χ4v) is 5.69. The van der Waals surface area contributed by atoms with E-state index in [1.54, 1.807) is 23.6 Å². The first kappa shape index (κ1) is 26.3. The molecule has 41 heavy (non-hydrogen) atoms. The summed E-state index contributed by atoms with van der Waals surface area (Å²) in [5, 5.41) is 7.72. The van der Waals surface area contributed by atoms with Crippen molar-refractivity contribution in [2.24, 2.45) is 0 Å². The minimum Gasteiger partial charge on any atom is -0.485 e. The van der Waals surface area contributed by atoms with Crippen LogP contribution in [0.4, 0.5) is 4.39 Å². The predicted molar refractivity (Wildman–Crippen MR) is 156 cm³/mol. The Bertz CT molecular complexity index is 1830. The third-order valence-electron chi connectivity index (χ3n) is 6.67. The number of para-hydroxylation sites is 1. The van der Waals surface area contributed by atoms with Gasteiger partial charge in [-0.15, -0.1) is 21.5 Å². The van der Waals surface area contributed by atoms with Crippen LogP contribution in [0.3, 0.4) is 0 Å². The van der Waals surface area contributed by atoms with Crippen LogP contribution in [0.25, 0.3) is 32.6 Å². The molecule has 0 aliphatic rings. The van der Waals surface area contributed by atoms with Crippen molar-refractivity contribution in [3.05, 3.63) is 130 Å². The highest BCUT2D eigenvalue weighted by atomic mass is 32.1. The molecule has 0 saturated carbocycles. The van der Waals surface area contributed by atoms with Crippen molar-refractivity contribution in [3.8, 4) is 38.3 Å². The maximum Gasteiger partial charge on any atom is 0.262 e. The Hall–Kier alpha value is -4.89. The fraction of sp³-hybridized carbons (Fsp3) is 0.125. The Labute approximate surface area is 239 Å². The second-order valence-corrected chi connectivity index (χ2v) is 10.5. The number of hydrogen-bond donors (Lipinski definition) is 0. The largest absolute Gasteiger partial charge is 0.485 e. The summed E-state index contributed by atoms with van der Waals surface area (Å²) in [7, 11) is 0. The van der Waals surface area contributed by atoms with Crippen molar-refractivity contribution in [2.75, 3.05) is 0 Å². The maximum absolute atomic E-state index is 15.2. The van der Waals surface area contributed by atoms with Crippen molar-refractivity contribution in [3.63, 3.8) is 0 Å². The van der Waals surface area contributed by atoms with Crippen molar-refractivity contribution >= 4 is 11.3 Å². The van der Waals surface area contributed by atoms with Gasteiger partial charge in [0.25, 0.3) is 11.4 Å². The number of ether oxygens (including phenoxy) is 1. The van der Waals surface area contributed by atoms with Crippen LogP contribution in [-0.2, 0) is 19.6 Å².